The molecule has 0 radical (unpaired) electrons. The first-order chi connectivity index (χ1) is 16.1. The van der Waals surface area contributed by atoms with Crippen LogP contribution in [0.25, 0.3) is 11.1 Å². The van der Waals surface area contributed by atoms with Gasteiger partial charge in [0.05, 0.1) is 24.3 Å². The molecule has 5 rings (SSSR count). The quantitative estimate of drug-likeness (QED) is 0.608. The van der Waals surface area contributed by atoms with Crippen molar-refractivity contribution >= 4 is 11.8 Å². The molecular weight excluding hydrogens is 414 g/mol. The maximum absolute atomic E-state index is 13.0. The van der Waals surface area contributed by atoms with E-state index in [2.05, 4.69) is 54.4 Å². The van der Waals surface area contributed by atoms with Crippen molar-refractivity contribution in [3.05, 3.63) is 89.7 Å². The highest BCUT2D eigenvalue weighted by Crippen LogP contribution is 2.43. The number of nitrogens with zero attached hydrogens (tertiary/aromatic N) is 3. The zero-order chi connectivity index (χ0) is 22.9. The number of pyridine rings is 1. The molecule has 2 fully saturated rings. The number of aromatic nitrogens is 1. The lowest BCUT2D eigenvalue weighted by Gasteiger charge is -2.59. The third-order valence-electron chi connectivity index (χ3n) is 6.85. The van der Waals surface area contributed by atoms with E-state index in [1.54, 1.807) is 36.5 Å². The number of carbonyl (C=O) groups is 2. The maximum atomic E-state index is 13.0. The molecule has 2 aliphatic rings. The molecule has 2 saturated heterocycles. The van der Waals surface area contributed by atoms with Gasteiger partial charge in [0.2, 0.25) is 5.91 Å². The number of hydrogen-bond acceptors (Lipinski definition) is 4. The molecule has 3 heterocycles. The molecule has 6 heteroatoms. The monoisotopic (exact) mass is 441 g/mol. The van der Waals surface area contributed by atoms with Crippen LogP contribution >= 0.6 is 0 Å². The van der Waals surface area contributed by atoms with Crippen LogP contribution in [-0.2, 0) is 9.53 Å². The molecule has 0 N–H and O–H groups in total. The number of rotatable bonds is 5. The molecule has 2 amide bonds. The summed E-state index contributed by atoms with van der Waals surface area (Å²) in [6, 6.07) is 20.3. The molecule has 168 valence electrons. The molecule has 0 saturated carbocycles. The van der Waals surface area contributed by atoms with Gasteiger partial charge in [-0.05, 0) is 41.3 Å². The molecule has 3 atom stereocenters. The predicted octanol–water partition coefficient (Wildman–Crippen LogP) is 3.52. The third kappa shape index (κ3) is 3.80. The lowest BCUT2D eigenvalue weighted by Crippen LogP contribution is -2.73. The average molecular weight is 442 g/mol. The van der Waals surface area contributed by atoms with Crippen LogP contribution in [0, 0.1) is 6.92 Å². The normalized spacial score (nSPS) is 22.0. The van der Waals surface area contributed by atoms with Crippen molar-refractivity contribution in [1.82, 2.24) is 14.8 Å². The van der Waals surface area contributed by atoms with E-state index in [0.29, 0.717) is 18.7 Å². The molecule has 6 nitrogen and oxygen atoms in total. The van der Waals surface area contributed by atoms with Gasteiger partial charge in [0.1, 0.15) is 6.54 Å². The van der Waals surface area contributed by atoms with Crippen LogP contribution in [-0.4, -0.2) is 65.5 Å². The van der Waals surface area contributed by atoms with Crippen molar-refractivity contribution in [2.45, 2.75) is 24.9 Å². The molecular formula is C27H27N3O3. The fraction of sp³-hybridized carbons (Fsp3) is 0.296. The molecule has 0 spiro atoms. The summed E-state index contributed by atoms with van der Waals surface area (Å²) >= 11 is 0. The summed E-state index contributed by atoms with van der Waals surface area (Å²) < 4.78 is 5.46. The first kappa shape index (κ1) is 21.3. The van der Waals surface area contributed by atoms with E-state index >= 15 is 0 Å². The summed E-state index contributed by atoms with van der Waals surface area (Å²) in [5.41, 5.74) is 5.29. The number of piperazine rings is 1. The van der Waals surface area contributed by atoms with Gasteiger partial charge < -0.3 is 14.5 Å². The van der Waals surface area contributed by atoms with Crippen molar-refractivity contribution in [3.8, 4) is 11.1 Å². The number of amides is 2. The summed E-state index contributed by atoms with van der Waals surface area (Å²) in [5, 5.41) is 0. The largest absolute Gasteiger partial charge is 0.383 e. The van der Waals surface area contributed by atoms with Gasteiger partial charge in [0.25, 0.3) is 5.91 Å². The van der Waals surface area contributed by atoms with Crippen molar-refractivity contribution in [2.24, 2.45) is 0 Å². The minimum atomic E-state index is -0.153. The Balaban J connectivity index is 1.41. The highest BCUT2D eigenvalue weighted by molar-refractivity contribution is 5.97. The molecule has 0 unspecified atom stereocenters. The van der Waals surface area contributed by atoms with Crippen LogP contribution in [0.2, 0.25) is 0 Å². The van der Waals surface area contributed by atoms with Crippen LogP contribution in [0.3, 0.4) is 0 Å². The second-order valence-corrected chi connectivity index (χ2v) is 8.78. The number of fused-ring (bicyclic) bond motifs is 1. The highest BCUT2D eigenvalue weighted by Gasteiger charge is 2.54. The van der Waals surface area contributed by atoms with E-state index in [-0.39, 0.29) is 36.4 Å². The van der Waals surface area contributed by atoms with Gasteiger partial charge in [-0.1, -0.05) is 48.5 Å². The van der Waals surface area contributed by atoms with Gasteiger partial charge in [-0.3, -0.25) is 14.6 Å². The van der Waals surface area contributed by atoms with Crippen LogP contribution < -0.4 is 0 Å². The SMILES string of the molecule is COC[C@H]1[C@H](c2ccc(-c3ccccc3C)cc2)[C@H]2CN(C(=O)c3cccnc3)CC(=O)N21. The lowest BCUT2D eigenvalue weighted by atomic mass is 9.73. The highest BCUT2D eigenvalue weighted by atomic mass is 16.5. The van der Waals surface area contributed by atoms with Crippen molar-refractivity contribution in [1.29, 1.82) is 0 Å². The zero-order valence-corrected chi connectivity index (χ0v) is 18.8. The number of carbonyl (C=O) groups excluding carboxylic acids is 2. The number of aryl methyl sites for hydroxylation is 1. The van der Waals surface area contributed by atoms with Gasteiger partial charge >= 0.3 is 0 Å². The third-order valence-corrected chi connectivity index (χ3v) is 6.85. The first-order valence-electron chi connectivity index (χ1n) is 11.2. The van der Waals surface area contributed by atoms with Gasteiger partial charge in [-0.15, -0.1) is 0 Å². The Labute approximate surface area is 193 Å². The smallest absolute Gasteiger partial charge is 0.255 e. The minimum Gasteiger partial charge on any atom is -0.383 e. The van der Waals surface area contributed by atoms with E-state index in [1.807, 2.05) is 11.0 Å². The van der Waals surface area contributed by atoms with E-state index in [1.165, 1.54) is 22.3 Å². The van der Waals surface area contributed by atoms with E-state index in [0.717, 1.165) is 0 Å². The van der Waals surface area contributed by atoms with Crippen molar-refractivity contribution in [2.75, 3.05) is 26.8 Å². The Morgan fingerprint density at radius 1 is 1.09 bits per heavy atom. The topological polar surface area (TPSA) is 62.7 Å². The Kier molecular flexibility index (Phi) is 5.68. The van der Waals surface area contributed by atoms with Gasteiger partial charge in [0, 0.05) is 32.0 Å². The van der Waals surface area contributed by atoms with E-state index < -0.39 is 0 Å². The number of hydrogen-bond donors (Lipinski definition) is 0. The molecule has 3 aromatic rings. The van der Waals surface area contributed by atoms with Crippen molar-refractivity contribution in [3.63, 3.8) is 0 Å². The second kappa shape index (κ2) is 8.79. The average Bonchev–Trinajstić information content (AvgIpc) is 2.83. The summed E-state index contributed by atoms with van der Waals surface area (Å²) in [4.78, 5) is 33.6. The lowest BCUT2D eigenvalue weighted by molar-refractivity contribution is -0.160. The molecule has 0 bridgehead atoms. The maximum Gasteiger partial charge on any atom is 0.255 e. The van der Waals surface area contributed by atoms with Gasteiger partial charge in [0.15, 0.2) is 0 Å². The fourth-order valence-electron chi connectivity index (χ4n) is 5.26. The molecule has 0 aliphatic carbocycles. The molecule has 1 aromatic heterocycles. The number of ether oxygens (including phenoxy) is 1. The zero-order valence-electron chi connectivity index (χ0n) is 18.8. The van der Waals surface area contributed by atoms with E-state index in [4.69, 9.17) is 4.74 Å². The van der Waals surface area contributed by atoms with Crippen molar-refractivity contribution < 1.29 is 14.3 Å². The van der Waals surface area contributed by atoms with Crippen LogP contribution in [0.5, 0.6) is 0 Å². The Morgan fingerprint density at radius 3 is 2.58 bits per heavy atom. The predicted molar refractivity (Wildman–Crippen MR) is 126 cm³/mol. The van der Waals surface area contributed by atoms with Gasteiger partial charge in [-0.25, -0.2) is 0 Å². The van der Waals surface area contributed by atoms with E-state index in [9.17, 15) is 9.59 Å². The summed E-state index contributed by atoms with van der Waals surface area (Å²) in [5.74, 6) is -0.0671. The summed E-state index contributed by atoms with van der Waals surface area (Å²) in [6.07, 6.45) is 3.19. The Hall–Kier alpha value is -3.51. The summed E-state index contributed by atoms with van der Waals surface area (Å²) in [6.45, 7) is 3.18. The number of methoxy groups -OCH3 is 1. The van der Waals surface area contributed by atoms with Crippen LogP contribution in [0.4, 0.5) is 0 Å². The second-order valence-electron chi connectivity index (χ2n) is 8.78. The number of benzene rings is 2. The molecule has 2 aliphatic heterocycles. The first-order valence-corrected chi connectivity index (χ1v) is 11.2. The fourth-order valence-corrected chi connectivity index (χ4v) is 5.26. The molecule has 33 heavy (non-hydrogen) atoms. The summed E-state index contributed by atoms with van der Waals surface area (Å²) in [7, 11) is 1.67. The Bertz CT molecular complexity index is 1160. The Morgan fingerprint density at radius 2 is 1.88 bits per heavy atom. The minimum absolute atomic E-state index is 0.0209. The molecule has 2 aromatic carbocycles. The van der Waals surface area contributed by atoms with Crippen LogP contribution in [0.15, 0.2) is 73.1 Å². The van der Waals surface area contributed by atoms with Crippen LogP contribution in [0.1, 0.15) is 27.4 Å². The standard InChI is InChI=1S/C27H27N3O3/c1-18-6-3-4-8-22(18)19-9-11-20(12-10-19)26-23-15-29(27(32)21-7-5-13-28-14-21)16-25(31)30(23)24(26)17-33-2/h3-14,23-24,26H,15-17H2,1-2H3/t23-,24+,26-/m1/s1. The van der Waals surface area contributed by atoms with Gasteiger partial charge in [-0.2, -0.15) is 0 Å².